The molecule has 2 aromatic carbocycles. The monoisotopic (exact) mass is 395 g/mol. The third-order valence-corrected chi connectivity index (χ3v) is 4.11. The summed E-state index contributed by atoms with van der Waals surface area (Å²) in [5.74, 6) is -1.82. The molecule has 0 spiro atoms. The predicted molar refractivity (Wildman–Crippen MR) is 97.5 cm³/mol. The van der Waals surface area contributed by atoms with Gasteiger partial charge in [-0.3, -0.25) is 14.1 Å². The zero-order chi connectivity index (χ0) is 20.4. The molecule has 0 heterocycles. The molecule has 4 N–H and O–H groups in total. The number of ether oxygens (including phenoxy) is 1. The summed E-state index contributed by atoms with van der Waals surface area (Å²) in [6.45, 7) is 1.95. The number of nitrogens with two attached hydrogens (primary N) is 1. The number of rotatable bonds is 6. The lowest BCUT2D eigenvalue weighted by molar-refractivity contribution is -0.150. The number of hydrogen-bond acceptors (Lipinski definition) is 6. The smallest absolute Gasteiger partial charge is 0.323 e. The number of carbonyl (C=O) groups excluding carboxylic acids is 1. The van der Waals surface area contributed by atoms with Gasteiger partial charge in [-0.1, -0.05) is 48.0 Å². The van der Waals surface area contributed by atoms with E-state index in [1.807, 2.05) is 25.1 Å². The van der Waals surface area contributed by atoms with Gasteiger partial charge < -0.3 is 15.6 Å². The largest absolute Gasteiger partial charge is 0.481 e. The van der Waals surface area contributed by atoms with Gasteiger partial charge in [-0.25, -0.2) is 0 Å². The number of benzene rings is 2. The van der Waals surface area contributed by atoms with Crippen LogP contribution in [0.2, 0.25) is 0 Å². The molecule has 0 unspecified atom stereocenters. The maximum atomic E-state index is 11.2. The Morgan fingerprint density at radius 1 is 1.07 bits per heavy atom. The first-order valence-corrected chi connectivity index (χ1v) is 9.25. The van der Waals surface area contributed by atoms with Crippen molar-refractivity contribution in [2.24, 2.45) is 5.73 Å². The fourth-order valence-corrected chi connectivity index (χ4v) is 2.30. The highest BCUT2D eigenvalue weighted by atomic mass is 32.2. The Morgan fingerprint density at radius 3 is 2.11 bits per heavy atom. The number of esters is 1. The third kappa shape index (κ3) is 8.95. The minimum Gasteiger partial charge on any atom is -0.481 e. The summed E-state index contributed by atoms with van der Waals surface area (Å²) in [6.07, 6.45) is -0.423. The van der Waals surface area contributed by atoms with Gasteiger partial charge in [0, 0.05) is 0 Å². The van der Waals surface area contributed by atoms with Gasteiger partial charge in [0.25, 0.3) is 10.1 Å². The highest BCUT2D eigenvalue weighted by Gasteiger charge is 2.18. The van der Waals surface area contributed by atoms with Crippen LogP contribution in [0, 0.1) is 6.92 Å². The Labute approximate surface area is 157 Å². The molecule has 9 heteroatoms. The van der Waals surface area contributed by atoms with E-state index in [1.165, 1.54) is 12.1 Å². The molecule has 8 nitrogen and oxygen atoms in total. The van der Waals surface area contributed by atoms with Crippen LogP contribution in [0.5, 0.6) is 0 Å². The second kappa shape index (κ2) is 10.4. The van der Waals surface area contributed by atoms with Crippen molar-refractivity contribution < 1.29 is 32.4 Å². The average Bonchev–Trinajstić information content (AvgIpc) is 2.60. The molecule has 0 saturated carbocycles. The normalized spacial score (nSPS) is 11.7. The molecule has 0 fully saturated rings. The lowest BCUT2D eigenvalue weighted by Crippen LogP contribution is -2.34. The molecule has 0 saturated heterocycles. The molecule has 0 aliphatic rings. The van der Waals surface area contributed by atoms with Gasteiger partial charge in [-0.05, 0) is 24.6 Å². The van der Waals surface area contributed by atoms with E-state index in [1.54, 1.807) is 24.3 Å². The summed E-state index contributed by atoms with van der Waals surface area (Å²) in [4.78, 5) is 21.5. The van der Waals surface area contributed by atoms with Crippen LogP contribution in [0.15, 0.2) is 59.5 Å². The van der Waals surface area contributed by atoms with Crippen molar-refractivity contribution in [2.75, 3.05) is 0 Å². The minimum absolute atomic E-state index is 0.0666. The SMILES string of the molecule is Cc1ccc(S(=O)(=O)O)cc1.N[C@@H](CC(=O)O)C(=O)OCc1ccccc1. The van der Waals surface area contributed by atoms with Crippen molar-refractivity contribution in [3.63, 3.8) is 0 Å². The number of carboxylic acids is 1. The van der Waals surface area contributed by atoms with Crippen molar-refractivity contribution in [3.05, 3.63) is 65.7 Å². The van der Waals surface area contributed by atoms with Crippen LogP contribution < -0.4 is 5.73 Å². The first-order chi connectivity index (χ1) is 12.6. The molecular formula is C18H21NO7S. The second-order valence-corrected chi connectivity index (χ2v) is 7.01. The fraction of sp³-hybridized carbons (Fsp3) is 0.222. The molecule has 0 bridgehead atoms. The molecule has 146 valence electrons. The van der Waals surface area contributed by atoms with E-state index in [0.717, 1.165) is 11.1 Å². The van der Waals surface area contributed by atoms with Crippen LogP contribution in [-0.4, -0.2) is 36.1 Å². The van der Waals surface area contributed by atoms with Crippen LogP contribution >= 0.6 is 0 Å². The van der Waals surface area contributed by atoms with Crippen LogP contribution in [0.4, 0.5) is 0 Å². The Morgan fingerprint density at radius 2 is 1.63 bits per heavy atom. The van der Waals surface area contributed by atoms with Crippen molar-refractivity contribution in [3.8, 4) is 0 Å². The van der Waals surface area contributed by atoms with Gasteiger partial charge in [-0.2, -0.15) is 8.42 Å². The van der Waals surface area contributed by atoms with E-state index in [4.69, 9.17) is 20.1 Å². The number of carbonyl (C=O) groups is 2. The molecule has 0 amide bonds. The molecule has 1 atom stereocenters. The van der Waals surface area contributed by atoms with Gasteiger partial charge in [0.05, 0.1) is 11.3 Å². The summed E-state index contributed by atoms with van der Waals surface area (Å²) in [6, 6.07) is 14.0. The Balaban J connectivity index is 0.000000289. The minimum atomic E-state index is -4.02. The maximum Gasteiger partial charge on any atom is 0.323 e. The third-order valence-electron chi connectivity index (χ3n) is 3.24. The summed E-state index contributed by atoms with van der Waals surface area (Å²) >= 11 is 0. The topological polar surface area (TPSA) is 144 Å². The summed E-state index contributed by atoms with van der Waals surface area (Å²) in [5.41, 5.74) is 7.11. The van der Waals surface area contributed by atoms with Crippen LogP contribution in [-0.2, 0) is 31.1 Å². The molecule has 0 aliphatic heterocycles. The summed E-state index contributed by atoms with van der Waals surface area (Å²) < 4.78 is 34.4. The molecule has 0 aromatic heterocycles. The zero-order valence-corrected chi connectivity index (χ0v) is 15.4. The van der Waals surface area contributed by atoms with Gasteiger partial charge in [0.1, 0.15) is 12.6 Å². The van der Waals surface area contributed by atoms with Gasteiger partial charge >= 0.3 is 11.9 Å². The van der Waals surface area contributed by atoms with Gasteiger partial charge in [-0.15, -0.1) is 0 Å². The highest BCUT2D eigenvalue weighted by molar-refractivity contribution is 7.85. The standard InChI is InChI=1S/C11H13NO4.C7H8O3S/c12-9(6-10(13)14)11(15)16-7-8-4-2-1-3-5-8;1-6-2-4-7(5-3-6)11(8,9)10/h1-5,9H,6-7,12H2,(H,13,14);2-5H,1H3,(H,8,9,10)/t9-;/m0./s1. The van der Waals surface area contributed by atoms with Crippen LogP contribution in [0.1, 0.15) is 17.5 Å². The van der Waals surface area contributed by atoms with E-state index in [2.05, 4.69) is 0 Å². The Bertz CT molecular complexity index is 849. The average molecular weight is 395 g/mol. The van der Waals surface area contributed by atoms with Crippen molar-refractivity contribution >= 4 is 22.1 Å². The van der Waals surface area contributed by atoms with E-state index >= 15 is 0 Å². The zero-order valence-electron chi connectivity index (χ0n) is 14.6. The first-order valence-electron chi connectivity index (χ1n) is 7.81. The van der Waals surface area contributed by atoms with Crippen molar-refractivity contribution in [2.45, 2.75) is 30.9 Å². The van der Waals surface area contributed by atoms with Crippen molar-refractivity contribution in [1.82, 2.24) is 0 Å². The quantitative estimate of drug-likeness (QED) is 0.496. The summed E-state index contributed by atoms with van der Waals surface area (Å²) in [5, 5.41) is 8.43. The van der Waals surface area contributed by atoms with Crippen LogP contribution in [0.3, 0.4) is 0 Å². The lowest BCUT2D eigenvalue weighted by atomic mass is 10.2. The lowest BCUT2D eigenvalue weighted by Gasteiger charge is -2.09. The Kier molecular flexibility index (Phi) is 8.60. The highest BCUT2D eigenvalue weighted by Crippen LogP contribution is 2.08. The first kappa shape index (κ1) is 22.3. The second-order valence-electron chi connectivity index (χ2n) is 5.59. The van der Waals surface area contributed by atoms with Gasteiger partial charge in [0.2, 0.25) is 0 Å². The number of hydrogen-bond donors (Lipinski definition) is 3. The van der Waals surface area contributed by atoms with E-state index < -0.39 is 34.5 Å². The fourth-order valence-electron chi connectivity index (χ4n) is 1.82. The van der Waals surface area contributed by atoms with E-state index in [-0.39, 0.29) is 11.5 Å². The number of aliphatic carboxylic acids is 1. The Hall–Kier alpha value is -2.75. The predicted octanol–water partition coefficient (Wildman–Crippen LogP) is 1.77. The van der Waals surface area contributed by atoms with E-state index in [0.29, 0.717) is 0 Å². The number of carboxylic acid groups (broad SMARTS) is 1. The maximum absolute atomic E-state index is 11.2. The van der Waals surface area contributed by atoms with Crippen molar-refractivity contribution in [1.29, 1.82) is 0 Å². The molecule has 0 radical (unpaired) electrons. The summed E-state index contributed by atoms with van der Waals surface area (Å²) in [7, 11) is -4.02. The molecular weight excluding hydrogens is 374 g/mol. The molecule has 0 aliphatic carbocycles. The number of aryl methyl sites for hydroxylation is 1. The van der Waals surface area contributed by atoms with Crippen LogP contribution in [0.25, 0.3) is 0 Å². The molecule has 2 aromatic rings. The molecule has 27 heavy (non-hydrogen) atoms. The van der Waals surface area contributed by atoms with Gasteiger partial charge in [0.15, 0.2) is 0 Å². The molecule has 2 rings (SSSR count). The van der Waals surface area contributed by atoms with E-state index in [9.17, 15) is 18.0 Å².